The lowest BCUT2D eigenvalue weighted by Crippen LogP contribution is -2.45. The quantitative estimate of drug-likeness (QED) is 0.469. The molecule has 0 spiro atoms. The van der Waals surface area contributed by atoms with E-state index in [0.29, 0.717) is 46.4 Å². The first kappa shape index (κ1) is 25.6. The fraction of sp³-hybridized carbons (Fsp3) is 0.538. The third kappa shape index (κ3) is 5.34. The molecule has 1 amide bonds. The molecule has 1 aromatic carbocycles. The molecule has 0 unspecified atom stereocenters. The molecular formula is C26H34N6O4S. The van der Waals surface area contributed by atoms with E-state index in [1.807, 2.05) is 30.5 Å². The number of carbonyl (C=O) groups excluding carboxylic acids is 1. The zero-order chi connectivity index (χ0) is 26.1. The van der Waals surface area contributed by atoms with Crippen LogP contribution in [-0.2, 0) is 11.3 Å². The van der Waals surface area contributed by atoms with Crippen LogP contribution >= 0.6 is 11.3 Å². The van der Waals surface area contributed by atoms with E-state index in [9.17, 15) is 4.79 Å². The van der Waals surface area contributed by atoms with Gasteiger partial charge in [0.05, 0.1) is 36.6 Å². The zero-order valence-electron chi connectivity index (χ0n) is 22.0. The Morgan fingerprint density at radius 1 is 1.24 bits per heavy atom. The fourth-order valence-electron chi connectivity index (χ4n) is 5.15. The van der Waals surface area contributed by atoms with Crippen LogP contribution in [0.1, 0.15) is 40.6 Å². The van der Waals surface area contributed by atoms with Gasteiger partial charge in [-0.25, -0.2) is 9.97 Å². The summed E-state index contributed by atoms with van der Waals surface area (Å²) in [5.74, 6) is 1.70. The maximum atomic E-state index is 13.0. The van der Waals surface area contributed by atoms with Crippen LogP contribution in [0.3, 0.4) is 0 Å². The molecule has 0 saturated carbocycles. The Bertz CT molecular complexity index is 1370. The molecule has 2 aliphatic heterocycles. The molecule has 10 nitrogen and oxygen atoms in total. The number of carbonyl (C=O) groups is 1. The maximum absolute atomic E-state index is 13.0. The van der Waals surface area contributed by atoms with Gasteiger partial charge in [-0.15, -0.1) is 11.3 Å². The van der Waals surface area contributed by atoms with Gasteiger partial charge >= 0.3 is 0 Å². The molecule has 5 rings (SSSR count). The fourth-order valence-corrected chi connectivity index (χ4v) is 5.96. The molecule has 2 aliphatic rings. The van der Waals surface area contributed by atoms with Crippen LogP contribution in [0, 0.1) is 13.8 Å². The summed E-state index contributed by atoms with van der Waals surface area (Å²) in [6.07, 6.45) is 1.39. The number of aromatic nitrogens is 3. The Labute approximate surface area is 220 Å². The number of hydrogen-bond acceptors (Lipinski definition) is 9. The molecule has 0 radical (unpaired) electrons. The van der Waals surface area contributed by atoms with Gasteiger partial charge in [0.15, 0.2) is 11.5 Å². The van der Waals surface area contributed by atoms with Crippen LogP contribution in [0.2, 0.25) is 0 Å². The van der Waals surface area contributed by atoms with Gasteiger partial charge in [-0.3, -0.25) is 14.3 Å². The molecule has 2 aromatic heterocycles. The maximum Gasteiger partial charge on any atom is 0.292 e. The third-order valence-corrected chi connectivity index (χ3v) is 7.64. The number of amides is 1. The monoisotopic (exact) mass is 526 g/mol. The second-order valence-corrected chi connectivity index (χ2v) is 10.8. The van der Waals surface area contributed by atoms with Gasteiger partial charge in [0, 0.05) is 38.1 Å². The highest BCUT2D eigenvalue weighted by Gasteiger charge is 2.23. The average molecular weight is 527 g/mol. The normalized spacial score (nSPS) is 20.2. The summed E-state index contributed by atoms with van der Waals surface area (Å²) in [7, 11) is 1.61. The van der Waals surface area contributed by atoms with Gasteiger partial charge in [-0.1, -0.05) is 0 Å². The number of nitrogens with zero attached hydrogens (tertiary/aromatic N) is 5. The van der Waals surface area contributed by atoms with Crippen molar-refractivity contribution < 1.29 is 19.0 Å². The van der Waals surface area contributed by atoms with Gasteiger partial charge in [-0.2, -0.15) is 4.99 Å². The zero-order valence-corrected chi connectivity index (χ0v) is 22.9. The average Bonchev–Trinajstić information content (AvgIpc) is 3.47. The van der Waals surface area contributed by atoms with E-state index >= 15 is 0 Å². The largest absolute Gasteiger partial charge is 0.491 e. The van der Waals surface area contributed by atoms with Gasteiger partial charge < -0.3 is 19.5 Å². The minimum atomic E-state index is -0.338. The van der Waals surface area contributed by atoms with E-state index in [4.69, 9.17) is 19.2 Å². The highest BCUT2D eigenvalue weighted by molar-refractivity contribution is 7.13. The lowest BCUT2D eigenvalue weighted by atomic mass is 10.2. The Balaban J connectivity index is 1.41. The Morgan fingerprint density at radius 3 is 2.73 bits per heavy atom. The van der Waals surface area contributed by atoms with E-state index in [-0.39, 0.29) is 18.1 Å². The molecule has 0 aliphatic carbocycles. The Morgan fingerprint density at radius 2 is 2.03 bits per heavy atom. The number of methoxy groups -OCH3 is 1. The van der Waals surface area contributed by atoms with Crippen LogP contribution in [0.25, 0.3) is 10.9 Å². The first-order valence-electron chi connectivity index (χ1n) is 12.7. The SMILES string of the molecule is COc1c(OCCCN2C[C@@H](C)O[C@@H](C)C2)ccc2c3n(c(=NC(=O)c4sc(C)nc4C)nc12)CCN3. The van der Waals surface area contributed by atoms with Crippen LogP contribution in [0.5, 0.6) is 11.5 Å². The Kier molecular flexibility index (Phi) is 7.45. The lowest BCUT2D eigenvalue weighted by Gasteiger charge is -2.35. The second-order valence-electron chi connectivity index (χ2n) is 9.62. The van der Waals surface area contributed by atoms with Crippen molar-refractivity contribution in [2.24, 2.45) is 4.99 Å². The van der Waals surface area contributed by atoms with Crippen molar-refractivity contribution in [2.45, 2.75) is 52.9 Å². The van der Waals surface area contributed by atoms with Crippen molar-refractivity contribution in [1.82, 2.24) is 19.4 Å². The molecule has 3 aromatic rings. The van der Waals surface area contributed by atoms with Gasteiger partial charge in [0.1, 0.15) is 16.2 Å². The van der Waals surface area contributed by atoms with Crippen molar-refractivity contribution >= 4 is 34.0 Å². The van der Waals surface area contributed by atoms with Gasteiger partial charge in [-0.05, 0) is 46.2 Å². The number of nitrogens with one attached hydrogen (secondary N) is 1. The predicted octanol–water partition coefficient (Wildman–Crippen LogP) is 3.16. The number of anilines is 1. The number of ether oxygens (including phenoxy) is 3. The molecule has 4 heterocycles. The molecule has 11 heteroatoms. The molecule has 0 bridgehead atoms. The summed E-state index contributed by atoms with van der Waals surface area (Å²) in [5, 5.41) is 5.14. The first-order valence-corrected chi connectivity index (χ1v) is 13.5. The molecule has 1 saturated heterocycles. The molecule has 37 heavy (non-hydrogen) atoms. The lowest BCUT2D eigenvalue weighted by molar-refractivity contribution is -0.0686. The number of fused-ring (bicyclic) bond motifs is 3. The van der Waals surface area contributed by atoms with E-state index in [0.717, 1.165) is 48.8 Å². The van der Waals surface area contributed by atoms with Crippen LogP contribution in [-0.4, -0.2) is 77.4 Å². The van der Waals surface area contributed by atoms with E-state index in [2.05, 4.69) is 34.0 Å². The third-order valence-electron chi connectivity index (χ3n) is 6.58. The van der Waals surface area contributed by atoms with E-state index in [1.165, 1.54) is 11.3 Å². The summed E-state index contributed by atoms with van der Waals surface area (Å²) in [5.41, 5.74) is 1.64. The summed E-state index contributed by atoms with van der Waals surface area (Å²) < 4.78 is 19.7. The number of morpholine rings is 1. The van der Waals surface area contributed by atoms with Crippen molar-refractivity contribution in [2.75, 3.05) is 45.2 Å². The standard InChI is InChI=1S/C26H34N6O4S/c1-15-13-31(14-16(2)36-15)10-6-12-35-20-8-7-19-21(22(20)34-5)29-26(32-11-9-27-24(19)32)30-25(33)23-17(3)28-18(4)37-23/h7-8,15-16,27H,6,9-14H2,1-5H3/t15-,16+. The minimum Gasteiger partial charge on any atom is -0.491 e. The molecule has 1 N–H and O–H groups in total. The molecule has 2 atom stereocenters. The predicted molar refractivity (Wildman–Crippen MR) is 143 cm³/mol. The minimum absolute atomic E-state index is 0.250. The second kappa shape index (κ2) is 10.8. The molecule has 1 fully saturated rings. The smallest absolute Gasteiger partial charge is 0.292 e. The highest BCUT2D eigenvalue weighted by Crippen LogP contribution is 2.37. The summed E-state index contributed by atoms with van der Waals surface area (Å²) in [6, 6.07) is 3.91. The highest BCUT2D eigenvalue weighted by atomic mass is 32.1. The van der Waals surface area contributed by atoms with Crippen molar-refractivity contribution in [3.05, 3.63) is 33.3 Å². The molecular weight excluding hydrogens is 492 g/mol. The van der Waals surface area contributed by atoms with Gasteiger partial charge in [0.25, 0.3) is 5.91 Å². The van der Waals surface area contributed by atoms with Crippen molar-refractivity contribution in [1.29, 1.82) is 0 Å². The number of thiazole rings is 1. The van der Waals surface area contributed by atoms with Crippen molar-refractivity contribution in [3.63, 3.8) is 0 Å². The topological polar surface area (TPSA) is 103 Å². The number of hydrogen-bond donors (Lipinski definition) is 1. The van der Waals surface area contributed by atoms with E-state index < -0.39 is 0 Å². The summed E-state index contributed by atoms with van der Waals surface area (Å²) >= 11 is 1.35. The number of benzene rings is 1. The van der Waals surface area contributed by atoms with Crippen LogP contribution in [0.4, 0.5) is 5.82 Å². The van der Waals surface area contributed by atoms with Gasteiger partial charge in [0.2, 0.25) is 5.62 Å². The number of rotatable bonds is 7. The Hall–Kier alpha value is -3.02. The van der Waals surface area contributed by atoms with Crippen molar-refractivity contribution in [3.8, 4) is 11.5 Å². The summed E-state index contributed by atoms with van der Waals surface area (Å²) in [4.78, 5) is 29.5. The van der Waals surface area contributed by atoms with E-state index in [1.54, 1.807) is 7.11 Å². The van der Waals surface area contributed by atoms with Crippen LogP contribution in [0.15, 0.2) is 17.1 Å². The number of aryl methyl sites for hydroxylation is 2. The van der Waals surface area contributed by atoms with Crippen LogP contribution < -0.4 is 20.4 Å². The summed E-state index contributed by atoms with van der Waals surface area (Å²) in [6.45, 7) is 12.7. The molecule has 198 valence electrons. The first-order chi connectivity index (χ1) is 17.8.